The lowest BCUT2D eigenvalue weighted by atomic mass is 10.3. The van der Waals surface area contributed by atoms with Gasteiger partial charge in [0.2, 0.25) is 0 Å². The fourth-order valence-corrected chi connectivity index (χ4v) is 1.94. The monoisotopic (exact) mass is 240 g/mol. The predicted octanol–water partition coefficient (Wildman–Crippen LogP) is -0.303. The van der Waals surface area contributed by atoms with Gasteiger partial charge in [-0.05, 0) is 6.42 Å². The predicted molar refractivity (Wildman–Crippen MR) is 58.8 cm³/mol. The fraction of sp³-hybridized carbons (Fsp3) is 0.700. The first-order chi connectivity index (χ1) is 8.19. The van der Waals surface area contributed by atoms with Gasteiger partial charge in [-0.25, -0.2) is 4.79 Å². The maximum Gasteiger partial charge on any atom is 0.358 e. The minimum atomic E-state index is -1.04. The van der Waals surface area contributed by atoms with Gasteiger partial charge in [-0.15, -0.1) is 5.10 Å². The van der Waals surface area contributed by atoms with Crippen LogP contribution >= 0.6 is 0 Å². The second kappa shape index (κ2) is 5.24. The Balaban J connectivity index is 1.80. The molecule has 1 aliphatic heterocycles. The van der Waals surface area contributed by atoms with Crippen LogP contribution in [-0.4, -0.2) is 63.8 Å². The van der Waals surface area contributed by atoms with Gasteiger partial charge < -0.3 is 9.84 Å². The zero-order valence-corrected chi connectivity index (χ0v) is 9.74. The number of hydrogen-bond acceptors (Lipinski definition) is 5. The SMILES string of the molecule is COC1CCN(CCn2cc(C(=O)O)nn2)C1. The third-order valence-electron chi connectivity index (χ3n) is 2.97. The van der Waals surface area contributed by atoms with Gasteiger partial charge in [-0.3, -0.25) is 9.58 Å². The summed E-state index contributed by atoms with van der Waals surface area (Å²) in [5.41, 5.74) is -0.0128. The Morgan fingerprint density at radius 3 is 3.06 bits per heavy atom. The molecule has 0 saturated carbocycles. The van der Waals surface area contributed by atoms with E-state index in [1.807, 2.05) is 0 Å². The second-order valence-electron chi connectivity index (χ2n) is 4.12. The molecule has 7 heteroatoms. The maximum atomic E-state index is 10.6. The van der Waals surface area contributed by atoms with Crippen molar-refractivity contribution in [1.29, 1.82) is 0 Å². The van der Waals surface area contributed by atoms with Gasteiger partial charge in [0.25, 0.3) is 0 Å². The number of aromatic nitrogens is 3. The molecule has 7 nitrogen and oxygen atoms in total. The molecular weight excluding hydrogens is 224 g/mol. The number of carboxylic acids is 1. The highest BCUT2D eigenvalue weighted by atomic mass is 16.5. The van der Waals surface area contributed by atoms with Crippen molar-refractivity contribution < 1.29 is 14.6 Å². The standard InChI is InChI=1S/C10H16N4O3/c1-17-8-2-3-13(6-8)4-5-14-7-9(10(15)16)11-12-14/h7-8H,2-6H2,1H3,(H,15,16). The molecule has 0 aliphatic carbocycles. The molecule has 0 amide bonds. The highest BCUT2D eigenvalue weighted by Crippen LogP contribution is 2.11. The summed E-state index contributed by atoms with van der Waals surface area (Å²) in [5.74, 6) is -1.04. The van der Waals surface area contributed by atoms with E-state index in [0.717, 1.165) is 26.1 Å². The van der Waals surface area contributed by atoms with E-state index in [4.69, 9.17) is 9.84 Å². The van der Waals surface area contributed by atoms with E-state index in [1.165, 1.54) is 6.20 Å². The Morgan fingerprint density at radius 1 is 1.65 bits per heavy atom. The molecule has 1 saturated heterocycles. The lowest BCUT2D eigenvalue weighted by Crippen LogP contribution is -2.26. The quantitative estimate of drug-likeness (QED) is 0.761. The minimum absolute atomic E-state index is 0.0128. The fourth-order valence-electron chi connectivity index (χ4n) is 1.94. The molecule has 1 unspecified atom stereocenters. The summed E-state index contributed by atoms with van der Waals surface area (Å²) < 4.78 is 6.83. The van der Waals surface area contributed by atoms with E-state index in [1.54, 1.807) is 11.8 Å². The van der Waals surface area contributed by atoms with Crippen molar-refractivity contribution in [2.75, 3.05) is 26.7 Å². The van der Waals surface area contributed by atoms with Crippen molar-refractivity contribution in [1.82, 2.24) is 19.9 Å². The maximum absolute atomic E-state index is 10.6. The number of methoxy groups -OCH3 is 1. The molecule has 0 bridgehead atoms. The normalized spacial score (nSPS) is 20.9. The van der Waals surface area contributed by atoms with Gasteiger partial charge >= 0.3 is 5.97 Å². The van der Waals surface area contributed by atoms with Crippen molar-refractivity contribution >= 4 is 5.97 Å². The van der Waals surface area contributed by atoms with Gasteiger partial charge in [-0.2, -0.15) is 0 Å². The number of aromatic carboxylic acids is 1. The van der Waals surface area contributed by atoms with Crippen LogP contribution in [0.5, 0.6) is 0 Å². The van der Waals surface area contributed by atoms with Crippen LogP contribution in [0.2, 0.25) is 0 Å². The van der Waals surface area contributed by atoms with E-state index >= 15 is 0 Å². The van der Waals surface area contributed by atoms with Crippen molar-refractivity contribution in [2.24, 2.45) is 0 Å². The van der Waals surface area contributed by atoms with E-state index < -0.39 is 5.97 Å². The summed E-state index contributed by atoms with van der Waals surface area (Å²) in [6.07, 6.45) is 2.82. The number of carbonyl (C=O) groups is 1. The third-order valence-corrected chi connectivity index (χ3v) is 2.97. The minimum Gasteiger partial charge on any atom is -0.476 e. The molecule has 1 aliphatic rings. The molecule has 1 aromatic rings. The molecular formula is C10H16N4O3. The zero-order valence-electron chi connectivity index (χ0n) is 9.74. The lowest BCUT2D eigenvalue weighted by molar-refractivity contribution is 0.0690. The summed E-state index contributed by atoms with van der Waals surface area (Å²) in [4.78, 5) is 12.9. The van der Waals surface area contributed by atoms with Crippen molar-refractivity contribution in [2.45, 2.75) is 19.1 Å². The van der Waals surface area contributed by atoms with Gasteiger partial charge in [0.1, 0.15) is 0 Å². The van der Waals surface area contributed by atoms with Crippen LogP contribution in [0, 0.1) is 0 Å². The summed E-state index contributed by atoms with van der Waals surface area (Å²) in [7, 11) is 1.73. The van der Waals surface area contributed by atoms with Gasteiger partial charge in [0, 0.05) is 26.7 Å². The Morgan fingerprint density at radius 2 is 2.47 bits per heavy atom. The number of rotatable bonds is 5. The van der Waals surface area contributed by atoms with Gasteiger partial charge in [0.15, 0.2) is 5.69 Å². The van der Waals surface area contributed by atoms with Crippen LogP contribution in [-0.2, 0) is 11.3 Å². The van der Waals surface area contributed by atoms with Crippen LogP contribution < -0.4 is 0 Å². The number of nitrogens with zero attached hydrogens (tertiary/aromatic N) is 4. The van der Waals surface area contributed by atoms with Crippen LogP contribution in [0.3, 0.4) is 0 Å². The van der Waals surface area contributed by atoms with E-state index in [2.05, 4.69) is 15.2 Å². The van der Waals surface area contributed by atoms with E-state index in [0.29, 0.717) is 12.6 Å². The largest absolute Gasteiger partial charge is 0.476 e. The first-order valence-corrected chi connectivity index (χ1v) is 5.57. The average molecular weight is 240 g/mol. The molecule has 0 radical (unpaired) electrons. The van der Waals surface area contributed by atoms with Crippen LogP contribution in [0.25, 0.3) is 0 Å². The Labute approximate surface area is 99.0 Å². The van der Waals surface area contributed by atoms with Gasteiger partial charge in [0.05, 0.1) is 18.8 Å². The van der Waals surface area contributed by atoms with Crippen LogP contribution in [0.4, 0.5) is 0 Å². The molecule has 1 atom stereocenters. The van der Waals surface area contributed by atoms with E-state index in [-0.39, 0.29) is 5.69 Å². The Hall–Kier alpha value is -1.47. The molecule has 94 valence electrons. The molecule has 2 rings (SSSR count). The second-order valence-corrected chi connectivity index (χ2v) is 4.12. The molecule has 0 spiro atoms. The van der Waals surface area contributed by atoms with Crippen LogP contribution in [0.15, 0.2) is 6.20 Å². The molecule has 1 N–H and O–H groups in total. The first kappa shape index (κ1) is 12.0. The summed E-state index contributed by atoms with van der Waals surface area (Å²) in [6.45, 7) is 3.43. The topological polar surface area (TPSA) is 80.5 Å². The Bertz CT molecular complexity index is 393. The number of likely N-dealkylation sites (tertiary alicyclic amines) is 1. The molecule has 1 fully saturated rings. The Kier molecular flexibility index (Phi) is 3.70. The summed E-state index contributed by atoms with van der Waals surface area (Å²) >= 11 is 0. The van der Waals surface area contributed by atoms with Crippen molar-refractivity contribution in [3.63, 3.8) is 0 Å². The van der Waals surface area contributed by atoms with Crippen molar-refractivity contribution in [3.8, 4) is 0 Å². The number of hydrogen-bond donors (Lipinski definition) is 1. The molecule has 17 heavy (non-hydrogen) atoms. The number of ether oxygens (including phenoxy) is 1. The highest BCUT2D eigenvalue weighted by molar-refractivity contribution is 5.84. The zero-order chi connectivity index (χ0) is 12.3. The lowest BCUT2D eigenvalue weighted by Gasteiger charge is -2.14. The number of carboxylic acid groups (broad SMARTS) is 1. The first-order valence-electron chi connectivity index (χ1n) is 5.57. The van der Waals surface area contributed by atoms with Crippen LogP contribution in [0.1, 0.15) is 16.9 Å². The van der Waals surface area contributed by atoms with Crippen molar-refractivity contribution in [3.05, 3.63) is 11.9 Å². The molecule has 2 heterocycles. The highest BCUT2D eigenvalue weighted by Gasteiger charge is 2.21. The average Bonchev–Trinajstić information content (AvgIpc) is 2.95. The third kappa shape index (κ3) is 3.01. The van der Waals surface area contributed by atoms with Gasteiger partial charge in [-0.1, -0.05) is 5.21 Å². The summed E-state index contributed by atoms with van der Waals surface area (Å²) in [5, 5.41) is 16.0. The summed E-state index contributed by atoms with van der Waals surface area (Å²) in [6, 6.07) is 0. The smallest absolute Gasteiger partial charge is 0.358 e. The molecule has 0 aromatic carbocycles. The molecule has 1 aromatic heterocycles. The van der Waals surface area contributed by atoms with E-state index in [9.17, 15) is 4.79 Å².